The molecule has 2 aromatic carbocycles. The number of aliphatic carboxylic acids is 1. The second-order valence-electron chi connectivity index (χ2n) is 23.0. The highest BCUT2D eigenvalue weighted by molar-refractivity contribution is 8.60. The number of nitrogens with zero attached hydrogens (tertiary/aromatic N) is 1. The number of rotatable bonds is 46. The monoisotopic (exact) mass is 1740 g/mol. The number of primary amides is 1. The lowest BCUT2D eigenvalue weighted by Gasteiger charge is -2.29. The number of carbonyl (C=O) groups excluding carboxylic acids is 15. The van der Waals surface area contributed by atoms with Crippen molar-refractivity contribution in [3.63, 3.8) is 0 Å². The van der Waals surface area contributed by atoms with E-state index in [1.165, 1.54) is 62.4 Å². The average Bonchev–Trinajstić information content (AvgIpc) is 1.46. The SMILES string of the molecule is COC(=O)C(Cc1ccc(O)cc1)N[C@H](C(=O)C(=O)CNC(=O)[C@H](CS)NNN[C@@H](CS)C(=O)NC(C)C(=O)N1CCC[C@H]1C(=O)NC(CC(N)=O)C(=O)N[C@@H](CS)C(=O)NC(CS)C(=O)N[C@@H](Cc1ccc(O)cc1)C(=O)NC(CCC(=O)O)C(=O)N[C@@H](CS)C(=O)NC(C=O)CS)[C@@H](C)O.SS.SS.SS. The maximum absolute atomic E-state index is 14.1. The number of phenolic OH excluding ortho intramolecular Hbond substituents is 2. The van der Waals surface area contributed by atoms with Crippen LogP contribution in [-0.4, -0.2) is 259 Å². The quantitative estimate of drug-likeness (QED) is 0.00737. The highest BCUT2D eigenvalue weighted by Gasteiger charge is 2.41. The van der Waals surface area contributed by atoms with Gasteiger partial charge in [0.25, 0.3) is 0 Å². The van der Waals surface area contributed by atoms with Gasteiger partial charge in [0.05, 0.1) is 32.2 Å². The molecule has 1 aliphatic heterocycles. The number of methoxy groups -OCH3 is 1. The molecular formula is C60H93N15O21S12. The number of aromatic hydroxyl groups is 2. The fourth-order valence-corrected chi connectivity index (χ4v) is 11.1. The van der Waals surface area contributed by atoms with E-state index in [2.05, 4.69) is 215 Å². The van der Waals surface area contributed by atoms with E-state index < -0.39 is 210 Å². The van der Waals surface area contributed by atoms with E-state index in [0.29, 0.717) is 17.4 Å². The zero-order valence-corrected chi connectivity index (χ0v) is 68.7. The number of aliphatic hydroxyl groups excluding tert-OH is 1. The number of Topliss-reactive ketones (excluding diaryl/α,β-unsaturated/α-hetero) is 2. The van der Waals surface area contributed by atoms with Crippen LogP contribution in [-0.2, 0) is 94.3 Å². The van der Waals surface area contributed by atoms with Crippen LogP contribution in [0.5, 0.6) is 11.5 Å². The van der Waals surface area contributed by atoms with Crippen molar-refractivity contribution in [2.24, 2.45) is 5.73 Å². The van der Waals surface area contributed by atoms with Gasteiger partial charge < -0.3 is 88.4 Å². The van der Waals surface area contributed by atoms with Crippen LogP contribution in [0.1, 0.15) is 57.1 Å². The van der Waals surface area contributed by atoms with Gasteiger partial charge in [-0.05, 0) is 74.9 Å². The van der Waals surface area contributed by atoms with Crippen LogP contribution in [0.25, 0.3) is 0 Å². The van der Waals surface area contributed by atoms with Gasteiger partial charge in [-0.15, -0.1) is 70.0 Å². The summed E-state index contributed by atoms with van der Waals surface area (Å²) in [4.78, 5) is 212. The zero-order valence-electron chi connectivity index (χ0n) is 58.0. The molecule has 1 heterocycles. The van der Waals surface area contributed by atoms with E-state index in [-0.39, 0.29) is 66.7 Å². The van der Waals surface area contributed by atoms with E-state index in [9.17, 15) is 97.1 Å². The molecule has 0 aromatic heterocycles. The van der Waals surface area contributed by atoms with Gasteiger partial charge in [-0.2, -0.15) is 81.3 Å². The second kappa shape index (κ2) is 56.4. The first-order valence-electron chi connectivity index (χ1n) is 31.9. The van der Waals surface area contributed by atoms with E-state index in [4.69, 9.17) is 10.5 Å². The van der Waals surface area contributed by atoms with E-state index in [1.807, 2.05) is 0 Å². The molecule has 0 bridgehead atoms. The summed E-state index contributed by atoms with van der Waals surface area (Å²) in [5.41, 5.74) is 13.9. The molecule has 48 heteroatoms. The number of ketones is 2. The van der Waals surface area contributed by atoms with Gasteiger partial charge in [-0.25, -0.2) is 10.9 Å². The number of ether oxygens (including phenoxy) is 1. The third-order valence-electron chi connectivity index (χ3n) is 15.2. The third-order valence-corrected chi connectivity index (χ3v) is 17.4. The lowest BCUT2D eigenvalue weighted by Crippen LogP contribution is -2.62. The Bertz CT molecular complexity index is 3300. The molecule has 3 rings (SSSR count). The summed E-state index contributed by atoms with van der Waals surface area (Å²) in [7, 11) is 1.10. The molecule has 1 fully saturated rings. The highest BCUT2D eigenvalue weighted by Crippen LogP contribution is 2.20. The second-order valence-corrected chi connectivity index (χ2v) is 25.2. The van der Waals surface area contributed by atoms with Gasteiger partial charge in [0.2, 0.25) is 76.5 Å². The van der Waals surface area contributed by atoms with Crippen molar-refractivity contribution in [3.05, 3.63) is 59.7 Å². The van der Waals surface area contributed by atoms with Crippen molar-refractivity contribution in [1.29, 1.82) is 0 Å². The van der Waals surface area contributed by atoms with Crippen LogP contribution in [0.15, 0.2) is 48.5 Å². The summed E-state index contributed by atoms with van der Waals surface area (Å²) in [6.07, 6.45) is -3.25. The molecule has 2 aromatic rings. The molecule has 19 N–H and O–H groups in total. The fraction of sp³-hybridized carbons (Fsp3) is 0.533. The molecular weight excluding hydrogens is 1650 g/mol. The number of nitrogens with two attached hydrogens (primary N) is 1. The number of phenols is 2. The minimum atomic E-state index is -1.78. The number of hydrogen-bond acceptors (Lipinski definition) is 36. The van der Waals surface area contributed by atoms with E-state index >= 15 is 0 Å². The molecule has 0 aliphatic carbocycles. The topological polar surface area (TPSA) is 549 Å². The molecule has 6 unspecified atom stereocenters. The van der Waals surface area contributed by atoms with E-state index in [0.717, 1.165) is 12.0 Å². The number of esters is 1. The standard InChI is InChI=1S/C60H87N15O21S6.3H2S2/c1-28(63-57(92)43(27-102)73-74-72-42(26-101)50(85)62-20-45(80)49(84)48(29(2)77)65-38(60(95)96-3)18-31-8-12-34(79)13-9-31)59(94)75-16-4-5-44(75)58(93)68-37(19-46(61)81)53(88)70-41(25-100)56(91)71-40(24-99)55(90)67-36(17-30-6-10-33(78)11-7-30)52(87)66-35(14-15-47(82)83)51(86)69-39(23-98)54(89)64-32(21-76)22-97;3*1-2/h6-13,21,28-29,32,35-44,48,65,72-74,77-79,97-102H,4-5,14-20,22-27H2,1-3H3,(H2,61,81)(H,62,85)(H,63,92)(H,64,89)(H,66,87)(H,67,90)(H,68,93)(H,69,86)(H,70,88)(H,71,91)(H,82,83);3*1-2H/t28?,29-,32?,35?,36+,37?,38?,39+,40?,41+,42+,43+,44+,48+;;;/m1.../s1. The van der Waals surface area contributed by atoms with Crippen LogP contribution < -0.4 is 75.3 Å². The van der Waals surface area contributed by atoms with Crippen molar-refractivity contribution in [2.45, 2.75) is 143 Å². The van der Waals surface area contributed by atoms with Gasteiger partial charge in [0.1, 0.15) is 90.3 Å². The van der Waals surface area contributed by atoms with Crippen molar-refractivity contribution in [1.82, 2.24) is 74.5 Å². The minimum Gasteiger partial charge on any atom is -0.508 e. The van der Waals surface area contributed by atoms with Crippen molar-refractivity contribution in [3.8, 4) is 11.5 Å². The molecule has 108 heavy (non-hydrogen) atoms. The number of hydrogen-bond donors (Lipinski definition) is 30. The Labute approximate surface area is 686 Å². The number of aldehydes is 1. The summed E-state index contributed by atoms with van der Waals surface area (Å²) in [5, 5.41) is 63.6. The number of carboxylic acid groups (broad SMARTS) is 1. The smallest absolute Gasteiger partial charge is 0.323 e. The summed E-state index contributed by atoms with van der Waals surface area (Å²) >= 11 is 44.1. The third kappa shape index (κ3) is 36.5. The zero-order chi connectivity index (χ0) is 82.5. The Morgan fingerprint density at radius 1 is 0.556 bits per heavy atom. The van der Waals surface area contributed by atoms with Crippen LogP contribution in [0.4, 0.5) is 0 Å². The normalized spacial score (nSPS) is 15.7. The first-order valence-corrected chi connectivity index (χ1v) is 40.5. The Hall–Kier alpha value is -5.84. The number of amides is 11. The average molecular weight is 1750 g/mol. The van der Waals surface area contributed by atoms with Gasteiger partial charge in [-0.3, -0.25) is 77.2 Å². The van der Waals surface area contributed by atoms with E-state index in [1.54, 1.807) is 0 Å². The maximum atomic E-state index is 14.1. The lowest BCUT2D eigenvalue weighted by molar-refractivity contribution is -0.145. The molecule has 1 aliphatic rings. The van der Waals surface area contributed by atoms with Crippen LogP contribution in [0.3, 0.4) is 0 Å². The summed E-state index contributed by atoms with van der Waals surface area (Å²) in [5.74, 6) is -17.3. The van der Waals surface area contributed by atoms with Gasteiger partial charge >= 0.3 is 11.9 Å². The molecule has 0 radical (unpaired) electrons. The number of aliphatic hydroxyl groups is 1. The Kier molecular flexibility index (Phi) is 53.3. The predicted octanol–water partition coefficient (Wildman–Crippen LogP) is -4.96. The molecule has 1 saturated heterocycles. The van der Waals surface area contributed by atoms with Gasteiger partial charge in [-0.1, -0.05) is 24.3 Å². The van der Waals surface area contributed by atoms with Crippen LogP contribution in [0.2, 0.25) is 0 Å². The summed E-state index contributed by atoms with van der Waals surface area (Å²) < 4.78 is 4.83. The first kappa shape index (κ1) is 102. The number of benzene rings is 2. The Morgan fingerprint density at radius 3 is 1.41 bits per heavy atom. The first-order chi connectivity index (χ1) is 51.3. The molecule has 0 spiro atoms. The fourth-order valence-electron chi connectivity index (χ4n) is 9.60. The van der Waals surface area contributed by atoms with Gasteiger partial charge in [0, 0.05) is 53.9 Å². The molecule has 11 amide bonds. The largest absolute Gasteiger partial charge is 0.508 e. The Balaban J connectivity index is 0.0000186. The van der Waals surface area contributed by atoms with Crippen molar-refractivity contribution < 1.29 is 102 Å². The number of carboxylic acids is 1. The van der Waals surface area contributed by atoms with Crippen molar-refractivity contribution in [2.75, 3.05) is 54.7 Å². The molecule has 14 atom stereocenters. The molecule has 606 valence electrons. The minimum absolute atomic E-state index is 0.0119. The van der Waals surface area contributed by atoms with Crippen LogP contribution in [0, 0.1) is 0 Å². The molecule has 36 nitrogen and oxygen atoms in total. The number of likely N-dealkylation sites (tertiary alicyclic amines) is 1. The number of nitrogens with one attached hydrogen (secondary N) is 13. The highest BCUT2D eigenvalue weighted by atomic mass is 33.1. The van der Waals surface area contributed by atoms with Crippen LogP contribution >= 0.6 is 146 Å². The predicted molar refractivity (Wildman–Crippen MR) is 438 cm³/mol. The lowest BCUT2D eigenvalue weighted by atomic mass is 9.99. The number of hydrazine groups is 2. The Morgan fingerprint density at radius 2 is 0.972 bits per heavy atom. The van der Waals surface area contributed by atoms with Crippen molar-refractivity contribution >= 4 is 241 Å². The number of thiol groups is 12. The number of carbonyl (C=O) groups is 16. The maximum Gasteiger partial charge on any atom is 0.323 e. The molecule has 0 saturated carbocycles. The summed E-state index contributed by atoms with van der Waals surface area (Å²) in [6.45, 7) is 1.65. The summed E-state index contributed by atoms with van der Waals surface area (Å²) in [6, 6.07) is -7.53. The van der Waals surface area contributed by atoms with Gasteiger partial charge in [0.15, 0.2) is 0 Å².